The summed E-state index contributed by atoms with van der Waals surface area (Å²) >= 11 is 2.24. The Morgan fingerprint density at radius 3 is 2.00 bits per heavy atom. The molecule has 0 saturated heterocycles. The van der Waals surface area contributed by atoms with E-state index >= 15 is 0 Å². The molecule has 6 heavy (non-hydrogen) atoms. The van der Waals surface area contributed by atoms with Crippen molar-refractivity contribution in [2.75, 3.05) is 4.43 Å². The van der Waals surface area contributed by atoms with Crippen molar-refractivity contribution in [2.45, 2.75) is 12.6 Å². The van der Waals surface area contributed by atoms with Crippen molar-refractivity contribution >= 4 is 22.6 Å². The third-order valence-corrected chi connectivity index (χ3v) is 1.07. The maximum absolute atomic E-state index is 5.18. The number of alkyl halides is 1. The molecule has 0 aromatic rings. The van der Waals surface area contributed by atoms with Crippen LogP contribution in [-0.2, 0) is 0 Å². The standard InChI is InChI=1S/C3H9IN2/c4-2-1-3(5)6/h3H,1-2,5-6H2. The van der Waals surface area contributed by atoms with Gasteiger partial charge in [0.1, 0.15) is 0 Å². The Bertz CT molecular complexity index is 30.0. The van der Waals surface area contributed by atoms with Crippen LogP contribution in [0.1, 0.15) is 6.42 Å². The van der Waals surface area contributed by atoms with E-state index in [4.69, 9.17) is 11.5 Å². The smallest absolute Gasteiger partial charge is 0.0528 e. The molecule has 0 bridgehead atoms. The molecule has 3 heteroatoms. The Balaban J connectivity index is 2.63. The molecule has 4 N–H and O–H groups in total. The predicted molar refractivity (Wildman–Crippen MR) is 35.7 cm³/mol. The molecule has 0 radical (unpaired) electrons. The van der Waals surface area contributed by atoms with Gasteiger partial charge in [0.15, 0.2) is 0 Å². The van der Waals surface area contributed by atoms with Gasteiger partial charge in [-0.3, -0.25) is 0 Å². The van der Waals surface area contributed by atoms with E-state index in [0.717, 1.165) is 10.8 Å². The Morgan fingerprint density at radius 1 is 1.50 bits per heavy atom. The second-order valence-electron chi connectivity index (χ2n) is 1.14. The normalized spacial score (nSPS) is 10.0. The molecule has 0 spiro atoms. The summed E-state index contributed by atoms with van der Waals surface area (Å²) in [7, 11) is 0. The summed E-state index contributed by atoms with van der Waals surface area (Å²) in [5.41, 5.74) is 10.4. The van der Waals surface area contributed by atoms with E-state index in [1.807, 2.05) is 0 Å². The summed E-state index contributed by atoms with van der Waals surface area (Å²) in [6.45, 7) is 0. The van der Waals surface area contributed by atoms with Gasteiger partial charge in [-0.25, -0.2) is 0 Å². The van der Waals surface area contributed by atoms with Gasteiger partial charge in [-0.05, 0) is 6.42 Å². The van der Waals surface area contributed by atoms with Gasteiger partial charge in [-0.15, -0.1) is 0 Å². The van der Waals surface area contributed by atoms with Crippen molar-refractivity contribution < 1.29 is 0 Å². The molecule has 38 valence electrons. The van der Waals surface area contributed by atoms with E-state index in [9.17, 15) is 0 Å². The summed E-state index contributed by atoms with van der Waals surface area (Å²) in [6.07, 6.45) is 0.808. The van der Waals surface area contributed by atoms with Gasteiger partial charge in [0.2, 0.25) is 0 Å². The Labute approximate surface area is 51.4 Å². The first kappa shape index (κ1) is 6.65. The summed E-state index contributed by atoms with van der Waals surface area (Å²) < 4.78 is 1.05. The van der Waals surface area contributed by atoms with Crippen LogP contribution in [0.5, 0.6) is 0 Å². The molecule has 0 aliphatic rings. The Hall–Kier alpha value is 0.650. The predicted octanol–water partition coefficient (Wildman–Crippen LogP) is 0.0550. The van der Waals surface area contributed by atoms with E-state index in [-0.39, 0.29) is 6.17 Å². The monoisotopic (exact) mass is 200 g/mol. The van der Waals surface area contributed by atoms with E-state index in [0.29, 0.717) is 0 Å². The topological polar surface area (TPSA) is 52.0 Å². The lowest BCUT2D eigenvalue weighted by Crippen LogP contribution is -2.30. The van der Waals surface area contributed by atoms with Crippen LogP contribution in [0.3, 0.4) is 0 Å². The molecule has 0 aliphatic heterocycles. The molecule has 0 unspecified atom stereocenters. The van der Waals surface area contributed by atoms with Gasteiger partial charge in [0.25, 0.3) is 0 Å². The quantitative estimate of drug-likeness (QED) is 0.376. The molecule has 0 aromatic carbocycles. The summed E-state index contributed by atoms with van der Waals surface area (Å²) in [5, 5.41) is 0. The zero-order chi connectivity index (χ0) is 4.99. The van der Waals surface area contributed by atoms with Crippen LogP contribution in [0, 0.1) is 0 Å². The van der Waals surface area contributed by atoms with Crippen molar-refractivity contribution in [2.24, 2.45) is 11.5 Å². The minimum Gasteiger partial charge on any atom is -0.316 e. The second-order valence-corrected chi connectivity index (χ2v) is 2.22. The van der Waals surface area contributed by atoms with Crippen LogP contribution in [0.25, 0.3) is 0 Å². The Kier molecular flexibility index (Phi) is 4.24. The van der Waals surface area contributed by atoms with E-state index < -0.39 is 0 Å². The van der Waals surface area contributed by atoms with E-state index in [2.05, 4.69) is 22.6 Å². The molecule has 0 rings (SSSR count). The van der Waals surface area contributed by atoms with Crippen LogP contribution in [0.15, 0.2) is 0 Å². The van der Waals surface area contributed by atoms with Crippen LogP contribution >= 0.6 is 22.6 Å². The number of hydrogen-bond acceptors (Lipinski definition) is 2. The highest BCUT2D eigenvalue weighted by molar-refractivity contribution is 14.1. The minimum absolute atomic E-state index is 0.109. The first-order valence-corrected chi connectivity index (χ1v) is 3.37. The zero-order valence-electron chi connectivity index (χ0n) is 3.52. The zero-order valence-corrected chi connectivity index (χ0v) is 5.68. The summed E-state index contributed by atoms with van der Waals surface area (Å²) in [6, 6.07) is 0. The second kappa shape index (κ2) is 3.83. The number of rotatable bonds is 2. The molecule has 0 aliphatic carbocycles. The fraction of sp³-hybridized carbons (Fsp3) is 1.00. The highest BCUT2D eigenvalue weighted by Gasteiger charge is 1.86. The first-order valence-electron chi connectivity index (χ1n) is 1.84. The van der Waals surface area contributed by atoms with Gasteiger partial charge in [-0.1, -0.05) is 22.6 Å². The fourth-order valence-electron chi connectivity index (χ4n) is 0.126. The van der Waals surface area contributed by atoms with Crippen molar-refractivity contribution in [1.82, 2.24) is 0 Å². The number of nitrogens with two attached hydrogens (primary N) is 2. The Morgan fingerprint density at radius 2 is 2.00 bits per heavy atom. The molecule has 0 aromatic heterocycles. The lowest BCUT2D eigenvalue weighted by molar-refractivity contribution is 0.693. The van der Waals surface area contributed by atoms with Gasteiger partial charge in [0.05, 0.1) is 6.17 Å². The van der Waals surface area contributed by atoms with Gasteiger partial charge in [0, 0.05) is 4.43 Å². The van der Waals surface area contributed by atoms with Crippen LogP contribution < -0.4 is 11.5 Å². The third-order valence-electron chi connectivity index (χ3n) is 0.442. The fourth-order valence-corrected chi connectivity index (χ4v) is 0.845. The van der Waals surface area contributed by atoms with Crippen molar-refractivity contribution in [3.8, 4) is 0 Å². The number of hydrogen-bond donors (Lipinski definition) is 2. The van der Waals surface area contributed by atoms with E-state index in [1.54, 1.807) is 0 Å². The molecular formula is C3H9IN2. The molecule has 2 nitrogen and oxygen atoms in total. The largest absolute Gasteiger partial charge is 0.316 e. The minimum atomic E-state index is -0.109. The lowest BCUT2D eigenvalue weighted by Gasteiger charge is -1.96. The summed E-state index contributed by atoms with van der Waals surface area (Å²) in [5.74, 6) is 0. The lowest BCUT2D eigenvalue weighted by atomic mass is 10.4. The van der Waals surface area contributed by atoms with Crippen molar-refractivity contribution in [3.05, 3.63) is 0 Å². The SMILES string of the molecule is NC(N)CCI. The van der Waals surface area contributed by atoms with Gasteiger partial charge >= 0.3 is 0 Å². The summed E-state index contributed by atoms with van der Waals surface area (Å²) in [4.78, 5) is 0. The van der Waals surface area contributed by atoms with Crippen LogP contribution in [0.2, 0.25) is 0 Å². The molecule has 0 heterocycles. The number of halogens is 1. The van der Waals surface area contributed by atoms with Crippen molar-refractivity contribution in [3.63, 3.8) is 0 Å². The van der Waals surface area contributed by atoms with Crippen LogP contribution in [0.4, 0.5) is 0 Å². The van der Waals surface area contributed by atoms with Crippen molar-refractivity contribution in [1.29, 1.82) is 0 Å². The maximum Gasteiger partial charge on any atom is 0.0528 e. The average Bonchev–Trinajstić information content (AvgIpc) is 1.35. The molecule has 0 amide bonds. The van der Waals surface area contributed by atoms with Gasteiger partial charge < -0.3 is 11.5 Å². The molecule has 0 saturated carbocycles. The van der Waals surface area contributed by atoms with Crippen LogP contribution in [-0.4, -0.2) is 10.6 Å². The molecule has 0 atom stereocenters. The molecule has 0 fully saturated rings. The first-order chi connectivity index (χ1) is 2.77. The highest BCUT2D eigenvalue weighted by atomic mass is 127. The highest BCUT2D eigenvalue weighted by Crippen LogP contribution is 1.86. The third kappa shape index (κ3) is 4.65. The maximum atomic E-state index is 5.18. The average molecular weight is 200 g/mol. The molecular weight excluding hydrogens is 191 g/mol. The van der Waals surface area contributed by atoms with Gasteiger partial charge in [-0.2, -0.15) is 0 Å². The van der Waals surface area contributed by atoms with E-state index in [1.165, 1.54) is 0 Å².